The second-order valence-corrected chi connectivity index (χ2v) is 10.2. The van der Waals surface area contributed by atoms with Gasteiger partial charge in [0.2, 0.25) is 0 Å². The maximum atomic E-state index is 13.3. The van der Waals surface area contributed by atoms with Crippen molar-refractivity contribution >= 4 is 23.5 Å². The van der Waals surface area contributed by atoms with E-state index in [0.717, 1.165) is 36.0 Å². The van der Waals surface area contributed by atoms with Gasteiger partial charge in [-0.3, -0.25) is 4.79 Å². The molecule has 0 radical (unpaired) electrons. The maximum Gasteiger partial charge on any atom is 0.338 e. The minimum Gasteiger partial charge on any atom is -0.462 e. The van der Waals surface area contributed by atoms with Crippen LogP contribution in [-0.2, 0) is 16.0 Å². The first kappa shape index (κ1) is 25.5. The van der Waals surface area contributed by atoms with E-state index in [4.69, 9.17) is 4.74 Å². The van der Waals surface area contributed by atoms with Crippen LogP contribution >= 0.6 is 11.8 Å². The third-order valence-electron chi connectivity index (χ3n) is 6.40. The Morgan fingerprint density at radius 2 is 1.79 bits per heavy atom. The third-order valence-corrected chi connectivity index (χ3v) is 7.72. The average Bonchev–Trinajstić information content (AvgIpc) is 2.81. The highest BCUT2D eigenvalue weighted by molar-refractivity contribution is 8.00. The van der Waals surface area contributed by atoms with Crippen LogP contribution < -0.4 is 0 Å². The summed E-state index contributed by atoms with van der Waals surface area (Å²) in [6.45, 7) is 4.65. The van der Waals surface area contributed by atoms with Gasteiger partial charge in [0.05, 0.1) is 17.9 Å². The molecule has 5 heteroatoms. The number of rotatable bonds is 11. The number of unbranched alkanes of at least 4 members (excludes halogenated alkanes) is 5. The lowest BCUT2D eigenvalue weighted by Gasteiger charge is -2.28. The molecule has 33 heavy (non-hydrogen) atoms. The van der Waals surface area contributed by atoms with Crippen molar-refractivity contribution in [1.29, 1.82) is 0 Å². The normalized spacial score (nSPS) is 18.3. The number of hydrogen-bond donors (Lipinski definition) is 0. The van der Waals surface area contributed by atoms with Crippen molar-refractivity contribution in [3.63, 3.8) is 0 Å². The standard InChI is InChI=1S/C28H35FO3S/c1-3-4-5-6-7-8-15-32-28(31)23-10-9-22(20(2)16-23)17-24-18-27(33-19-26(24)30)21-11-13-25(29)14-12-21/h9-14,16,24,27H,3-8,15,17-19H2,1-2H3. The summed E-state index contributed by atoms with van der Waals surface area (Å²) in [6, 6.07) is 12.2. The molecule has 2 atom stereocenters. The van der Waals surface area contributed by atoms with Crippen molar-refractivity contribution in [3.8, 4) is 0 Å². The molecule has 0 bridgehead atoms. The zero-order chi connectivity index (χ0) is 23.6. The molecule has 0 aliphatic carbocycles. The Morgan fingerprint density at radius 1 is 1.06 bits per heavy atom. The van der Waals surface area contributed by atoms with Crippen LogP contribution in [0.3, 0.4) is 0 Å². The molecule has 2 aromatic rings. The number of Topliss-reactive ketones (excluding diaryl/α,β-unsaturated/α-hetero) is 1. The van der Waals surface area contributed by atoms with Crippen molar-refractivity contribution in [1.82, 2.24) is 0 Å². The van der Waals surface area contributed by atoms with Crippen molar-refractivity contribution in [3.05, 3.63) is 70.5 Å². The first-order valence-corrected chi connectivity index (χ1v) is 13.2. The lowest BCUT2D eigenvalue weighted by Crippen LogP contribution is -2.26. The number of thioether (sulfide) groups is 1. The molecule has 178 valence electrons. The topological polar surface area (TPSA) is 43.4 Å². The molecule has 1 fully saturated rings. The fraction of sp³-hybridized carbons (Fsp3) is 0.500. The minimum absolute atomic E-state index is 0.0643. The van der Waals surface area contributed by atoms with Crippen molar-refractivity contribution in [2.75, 3.05) is 12.4 Å². The van der Waals surface area contributed by atoms with E-state index in [2.05, 4.69) is 6.92 Å². The average molecular weight is 471 g/mol. The summed E-state index contributed by atoms with van der Waals surface area (Å²) >= 11 is 1.64. The lowest BCUT2D eigenvalue weighted by atomic mass is 9.87. The van der Waals surface area contributed by atoms with Crippen molar-refractivity contribution < 1.29 is 18.7 Å². The summed E-state index contributed by atoms with van der Waals surface area (Å²) in [5.74, 6) is 0.160. The second-order valence-electron chi connectivity index (χ2n) is 9.00. The fourth-order valence-corrected chi connectivity index (χ4v) is 5.63. The first-order valence-electron chi connectivity index (χ1n) is 12.1. The van der Waals surface area contributed by atoms with Crippen LogP contribution in [-0.4, -0.2) is 24.1 Å². The number of hydrogen-bond acceptors (Lipinski definition) is 4. The molecule has 0 aromatic heterocycles. The summed E-state index contributed by atoms with van der Waals surface area (Å²) in [4.78, 5) is 25.0. The quantitative estimate of drug-likeness (QED) is 0.256. The van der Waals surface area contributed by atoms with Gasteiger partial charge in [0.1, 0.15) is 11.6 Å². The molecule has 1 saturated heterocycles. The number of aryl methyl sites for hydroxylation is 1. The van der Waals surface area contributed by atoms with Gasteiger partial charge in [-0.2, -0.15) is 0 Å². The predicted octanol–water partition coefficient (Wildman–Crippen LogP) is 7.26. The van der Waals surface area contributed by atoms with Crippen molar-refractivity contribution in [2.45, 2.75) is 70.5 Å². The van der Waals surface area contributed by atoms with Crippen LogP contribution in [0.15, 0.2) is 42.5 Å². The number of carbonyl (C=O) groups is 2. The summed E-state index contributed by atoms with van der Waals surface area (Å²) in [5.41, 5.74) is 3.73. The summed E-state index contributed by atoms with van der Waals surface area (Å²) < 4.78 is 18.7. The lowest BCUT2D eigenvalue weighted by molar-refractivity contribution is -0.120. The largest absolute Gasteiger partial charge is 0.462 e. The Morgan fingerprint density at radius 3 is 2.52 bits per heavy atom. The Bertz CT molecular complexity index is 925. The van der Waals surface area contributed by atoms with Crippen LogP contribution in [0.4, 0.5) is 4.39 Å². The number of carbonyl (C=O) groups excluding carboxylic acids is 2. The first-order chi connectivity index (χ1) is 16.0. The molecule has 0 N–H and O–H groups in total. The van der Waals surface area contributed by atoms with Gasteiger partial charge in [0, 0.05) is 11.2 Å². The molecule has 1 aliphatic rings. The molecular formula is C28H35FO3S. The molecule has 2 unspecified atom stereocenters. The van der Waals surface area contributed by atoms with Crippen LogP contribution in [0.2, 0.25) is 0 Å². The monoisotopic (exact) mass is 470 g/mol. The number of ether oxygens (including phenoxy) is 1. The molecule has 0 saturated carbocycles. The van der Waals surface area contributed by atoms with Gasteiger partial charge in [-0.1, -0.05) is 57.2 Å². The Hall–Kier alpha value is -2.14. The van der Waals surface area contributed by atoms with E-state index in [9.17, 15) is 14.0 Å². The molecule has 1 heterocycles. The zero-order valence-corrected chi connectivity index (χ0v) is 20.6. The van der Waals surface area contributed by atoms with Crippen molar-refractivity contribution in [2.24, 2.45) is 5.92 Å². The number of halogens is 1. The number of benzene rings is 2. The van der Waals surface area contributed by atoms with E-state index in [1.807, 2.05) is 37.3 Å². The maximum absolute atomic E-state index is 13.3. The van der Waals surface area contributed by atoms with E-state index in [1.54, 1.807) is 11.8 Å². The SMILES string of the molecule is CCCCCCCCOC(=O)c1ccc(CC2CC(c3ccc(F)cc3)SCC2=O)c(C)c1. The predicted molar refractivity (Wildman–Crippen MR) is 133 cm³/mol. The van der Waals surface area contributed by atoms with Gasteiger partial charge in [0.15, 0.2) is 0 Å². The highest BCUT2D eigenvalue weighted by Crippen LogP contribution is 2.41. The minimum atomic E-state index is -0.278. The number of esters is 1. The summed E-state index contributed by atoms with van der Waals surface area (Å²) in [6.07, 6.45) is 8.35. The summed E-state index contributed by atoms with van der Waals surface area (Å²) in [5, 5.41) is 0.199. The fourth-order valence-electron chi connectivity index (χ4n) is 4.31. The van der Waals surface area contributed by atoms with Crippen LogP contribution in [0, 0.1) is 18.7 Å². The van der Waals surface area contributed by atoms with E-state index in [0.29, 0.717) is 24.3 Å². The molecule has 2 aromatic carbocycles. The molecule has 1 aliphatic heterocycles. The smallest absolute Gasteiger partial charge is 0.338 e. The molecule has 0 spiro atoms. The Labute approximate surface area is 201 Å². The van der Waals surface area contributed by atoms with E-state index in [1.165, 1.54) is 37.8 Å². The Kier molecular flexibility index (Phi) is 9.98. The highest BCUT2D eigenvalue weighted by Gasteiger charge is 2.30. The highest BCUT2D eigenvalue weighted by atomic mass is 32.2. The van der Waals surface area contributed by atoms with Crippen LogP contribution in [0.25, 0.3) is 0 Å². The van der Waals surface area contributed by atoms with Gasteiger partial charge in [-0.25, -0.2) is 9.18 Å². The van der Waals surface area contributed by atoms with Gasteiger partial charge in [-0.15, -0.1) is 11.8 Å². The van der Waals surface area contributed by atoms with E-state index < -0.39 is 0 Å². The van der Waals surface area contributed by atoms with Gasteiger partial charge in [0.25, 0.3) is 0 Å². The zero-order valence-electron chi connectivity index (χ0n) is 19.8. The van der Waals surface area contributed by atoms with Crippen LogP contribution in [0.5, 0.6) is 0 Å². The van der Waals surface area contributed by atoms with E-state index >= 15 is 0 Å². The molecule has 3 rings (SSSR count). The third kappa shape index (κ3) is 7.70. The van der Waals surface area contributed by atoms with Gasteiger partial charge >= 0.3 is 5.97 Å². The molecule has 3 nitrogen and oxygen atoms in total. The molecule has 0 amide bonds. The van der Waals surface area contributed by atoms with E-state index in [-0.39, 0.29) is 28.7 Å². The second kappa shape index (κ2) is 12.9. The van der Waals surface area contributed by atoms with Gasteiger partial charge < -0.3 is 4.74 Å². The van der Waals surface area contributed by atoms with Crippen LogP contribution in [0.1, 0.15) is 84.2 Å². The van der Waals surface area contributed by atoms with Gasteiger partial charge in [-0.05, 0) is 67.1 Å². The summed E-state index contributed by atoms with van der Waals surface area (Å²) in [7, 11) is 0. The number of ketones is 1. The molecular weight excluding hydrogens is 435 g/mol. The Balaban J connectivity index is 1.53.